The number of hydrogen-bond donors (Lipinski definition) is 2. The lowest BCUT2D eigenvalue weighted by atomic mass is 10.1. The molecule has 2 N–H and O–H groups in total. The molecule has 9 heteroatoms. The first-order valence-corrected chi connectivity index (χ1v) is 9.33. The van der Waals surface area contributed by atoms with Crippen LogP contribution in [0.3, 0.4) is 0 Å². The topological polar surface area (TPSA) is 127 Å². The molecular weight excluding hydrogens is 364 g/mol. The Kier molecular flexibility index (Phi) is 11.1. The molecule has 0 bridgehead atoms. The van der Waals surface area contributed by atoms with Crippen molar-refractivity contribution in [1.29, 1.82) is 0 Å². The van der Waals surface area contributed by atoms with Crippen molar-refractivity contribution in [1.82, 2.24) is 0 Å². The monoisotopic (exact) mass is 388 g/mol. The van der Waals surface area contributed by atoms with E-state index in [-0.39, 0.29) is 5.75 Å². The Hall–Kier alpha value is -2.23. The molecule has 1 aromatic carbocycles. The van der Waals surface area contributed by atoms with Gasteiger partial charge in [0, 0.05) is 13.2 Å². The summed E-state index contributed by atoms with van der Waals surface area (Å²) >= 11 is 0. The minimum absolute atomic E-state index is 0.0847. The summed E-state index contributed by atoms with van der Waals surface area (Å²) < 4.78 is 40.8. The predicted octanol–water partition coefficient (Wildman–Crippen LogP) is 2.09. The lowest BCUT2D eigenvalue weighted by Gasteiger charge is -2.13. The summed E-state index contributed by atoms with van der Waals surface area (Å²) in [6, 6.07) is 6.32. The number of para-hydroxylation sites is 1. The summed E-state index contributed by atoms with van der Waals surface area (Å²) in [4.78, 5) is 22.4. The lowest BCUT2D eigenvalue weighted by Crippen LogP contribution is -2.35. The Labute approximate surface area is 153 Å². The molecule has 0 aromatic heterocycles. The molecule has 1 aromatic rings. The van der Waals surface area contributed by atoms with Crippen LogP contribution in [-0.2, 0) is 30.9 Å². The molecular formula is C17H24O8S. The van der Waals surface area contributed by atoms with Crippen LogP contribution in [0.2, 0.25) is 0 Å². The number of aliphatic carboxylic acids is 1. The molecule has 26 heavy (non-hydrogen) atoms. The van der Waals surface area contributed by atoms with Gasteiger partial charge >= 0.3 is 11.9 Å². The SMILES string of the molecule is C=CCc1ccccc1OC(=O)C(CC(=O)O)S(=O)(=O)O.CCOCC. The predicted molar refractivity (Wildman–Crippen MR) is 95.7 cm³/mol. The van der Waals surface area contributed by atoms with Crippen molar-refractivity contribution in [3.05, 3.63) is 42.5 Å². The van der Waals surface area contributed by atoms with Crippen molar-refractivity contribution >= 4 is 22.1 Å². The normalized spacial score (nSPS) is 11.7. The van der Waals surface area contributed by atoms with Gasteiger partial charge in [-0.15, -0.1) is 6.58 Å². The van der Waals surface area contributed by atoms with E-state index in [4.69, 9.17) is 19.1 Å². The van der Waals surface area contributed by atoms with E-state index in [1.807, 2.05) is 13.8 Å². The number of esters is 1. The smallest absolute Gasteiger partial charge is 0.332 e. The van der Waals surface area contributed by atoms with Gasteiger partial charge in [0.15, 0.2) is 5.25 Å². The van der Waals surface area contributed by atoms with Gasteiger partial charge in [-0.2, -0.15) is 8.42 Å². The molecule has 0 heterocycles. The molecule has 0 spiro atoms. The van der Waals surface area contributed by atoms with Crippen LogP contribution >= 0.6 is 0 Å². The van der Waals surface area contributed by atoms with E-state index in [9.17, 15) is 18.0 Å². The second kappa shape index (κ2) is 12.2. The van der Waals surface area contributed by atoms with Crippen LogP contribution in [0.15, 0.2) is 36.9 Å². The number of rotatable bonds is 9. The largest absolute Gasteiger partial charge is 0.481 e. The summed E-state index contributed by atoms with van der Waals surface area (Å²) in [5, 5.41) is 6.43. The van der Waals surface area contributed by atoms with E-state index in [0.717, 1.165) is 13.2 Å². The molecule has 0 fully saturated rings. The quantitative estimate of drug-likeness (QED) is 0.285. The standard InChI is InChI=1S/C13H14O7S.C4H10O/c1-2-5-9-6-3-4-7-10(9)20-13(16)11(8-12(14)15)21(17,18)19;1-3-5-4-2/h2-4,6-7,11H,1,5,8H2,(H,14,15)(H,17,18,19);3-4H2,1-2H3. The highest BCUT2D eigenvalue weighted by Crippen LogP contribution is 2.20. The molecule has 0 saturated heterocycles. The van der Waals surface area contributed by atoms with Crippen molar-refractivity contribution < 1.29 is 37.1 Å². The van der Waals surface area contributed by atoms with Crippen LogP contribution < -0.4 is 4.74 Å². The van der Waals surface area contributed by atoms with E-state index in [1.165, 1.54) is 6.07 Å². The third kappa shape index (κ3) is 9.30. The summed E-state index contributed by atoms with van der Waals surface area (Å²) in [6.07, 6.45) is 0.852. The maximum Gasteiger partial charge on any atom is 0.332 e. The second-order valence-corrected chi connectivity index (χ2v) is 6.50. The number of carbonyl (C=O) groups is 2. The Morgan fingerprint density at radius 3 is 2.23 bits per heavy atom. The molecule has 0 radical (unpaired) electrons. The third-order valence-electron chi connectivity index (χ3n) is 2.94. The average molecular weight is 388 g/mol. The molecule has 146 valence electrons. The number of carboxylic acids is 1. The van der Waals surface area contributed by atoms with Crippen LogP contribution in [0, 0.1) is 0 Å². The summed E-state index contributed by atoms with van der Waals surface area (Å²) in [7, 11) is -4.88. The maximum atomic E-state index is 11.8. The number of benzene rings is 1. The Morgan fingerprint density at radius 1 is 1.23 bits per heavy atom. The molecule has 0 amide bonds. The molecule has 0 aliphatic heterocycles. The first kappa shape index (κ1) is 23.8. The van der Waals surface area contributed by atoms with Crippen LogP contribution in [0.4, 0.5) is 0 Å². The Balaban J connectivity index is 0.00000110. The van der Waals surface area contributed by atoms with Crippen LogP contribution in [0.25, 0.3) is 0 Å². The zero-order valence-corrected chi connectivity index (χ0v) is 15.6. The molecule has 0 aliphatic rings. The molecule has 1 rings (SSSR count). The number of carboxylic acid groups (broad SMARTS) is 1. The van der Waals surface area contributed by atoms with Crippen molar-refractivity contribution in [3.63, 3.8) is 0 Å². The first-order chi connectivity index (χ1) is 12.2. The van der Waals surface area contributed by atoms with Gasteiger partial charge in [-0.1, -0.05) is 24.3 Å². The highest BCUT2D eigenvalue weighted by molar-refractivity contribution is 7.87. The molecule has 0 aliphatic carbocycles. The van der Waals surface area contributed by atoms with Gasteiger partial charge < -0.3 is 14.6 Å². The highest BCUT2D eigenvalue weighted by atomic mass is 32.2. The highest BCUT2D eigenvalue weighted by Gasteiger charge is 2.35. The number of hydrogen-bond acceptors (Lipinski definition) is 6. The van der Waals surface area contributed by atoms with Gasteiger partial charge in [-0.05, 0) is 31.9 Å². The first-order valence-electron chi connectivity index (χ1n) is 7.83. The van der Waals surface area contributed by atoms with Crippen molar-refractivity contribution in [2.24, 2.45) is 0 Å². The van der Waals surface area contributed by atoms with Crippen LogP contribution in [0.1, 0.15) is 25.8 Å². The average Bonchev–Trinajstić information content (AvgIpc) is 2.55. The van der Waals surface area contributed by atoms with E-state index in [0.29, 0.717) is 12.0 Å². The molecule has 1 unspecified atom stereocenters. The number of ether oxygens (including phenoxy) is 2. The molecule has 1 atom stereocenters. The van der Waals surface area contributed by atoms with E-state index in [1.54, 1.807) is 24.3 Å². The van der Waals surface area contributed by atoms with E-state index in [2.05, 4.69) is 6.58 Å². The van der Waals surface area contributed by atoms with E-state index < -0.39 is 33.7 Å². The van der Waals surface area contributed by atoms with Gasteiger partial charge in [-0.3, -0.25) is 14.1 Å². The number of carbonyl (C=O) groups excluding carboxylic acids is 1. The maximum absolute atomic E-state index is 11.8. The van der Waals surface area contributed by atoms with Crippen LogP contribution in [-0.4, -0.2) is 48.5 Å². The Bertz CT molecular complexity index is 694. The van der Waals surface area contributed by atoms with E-state index >= 15 is 0 Å². The van der Waals surface area contributed by atoms with Gasteiger partial charge in [0.25, 0.3) is 10.1 Å². The third-order valence-corrected chi connectivity index (χ3v) is 4.02. The molecule has 8 nitrogen and oxygen atoms in total. The molecule has 0 saturated carbocycles. The Morgan fingerprint density at radius 2 is 1.81 bits per heavy atom. The minimum atomic E-state index is -4.88. The number of allylic oxidation sites excluding steroid dienone is 1. The fourth-order valence-corrected chi connectivity index (χ4v) is 2.42. The second-order valence-electron chi connectivity index (χ2n) is 4.90. The lowest BCUT2D eigenvalue weighted by molar-refractivity contribution is -0.142. The zero-order chi connectivity index (χ0) is 20.2. The van der Waals surface area contributed by atoms with Gasteiger partial charge in [0.2, 0.25) is 0 Å². The van der Waals surface area contributed by atoms with Crippen molar-refractivity contribution in [2.75, 3.05) is 13.2 Å². The van der Waals surface area contributed by atoms with Gasteiger partial charge in [0.05, 0.1) is 6.42 Å². The van der Waals surface area contributed by atoms with Crippen molar-refractivity contribution in [2.45, 2.75) is 31.9 Å². The zero-order valence-electron chi connectivity index (χ0n) is 14.8. The van der Waals surface area contributed by atoms with Gasteiger partial charge in [-0.25, -0.2) is 0 Å². The summed E-state index contributed by atoms with van der Waals surface area (Å²) in [5.74, 6) is -2.81. The minimum Gasteiger partial charge on any atom is -0.481 e. The van der Waals surface area contributed by atoms with Crippen molar-refractivity contribution in [3.8, 4) is 5.75 Å². The summed E-state index contributed by atoms with van der Waals surface area (Å²) in [5.41, 5.74) is 0.574. The fraction of sp³-hybridized carbons (Fsp3) is 0.412. The fourth-order valence-electron chi connectivity index (χ4n) is 1.77. The van der Waals surface area contributed by atoms with Crippen LogP contribution in [0.5, 0.6) is 5.75 Å². The summed E-state index contributed by atoms with van der Waals surface area (Å²) in [6.45, 7) is 9.20. The van der Waals surface area contributed by atoms with Gasteiger partial charge in [0.1, 0.15) is 5.75 Å².